The highest BCUT2D eigenvalue weighted by atomic mass is 19.3. The number of hydrogen-bond acceptors (Lipinski definition) is 4. The molecule has 0 saturated heterocycles. The molecule has 4 nitrogen and oxygen atoms in total. The van der Waals surface area contributed by atoms with E-state index in [0.717, 1.165) is 24.8 Å². The maximum absolute atomic E-state index is 14.8. The first-order chi connectivity index (χ1) is 15.8. The van der Waals surface area contributed by atoms with E-state index in [9.17, 15) is 18.7 Å². The molecule has 186 valence electrons. The van der Waals surface area contributed by atoms with Crippen molar-refractivity contribution in [1.29, 1.82) is 0 Å². The highest BCUT2D eigenvalue weighted by Crippen LogP contribution is 2.41. The molecule has 1 saturated carbocycles. The molecule has 0 amide bonds. The highest BCUT2D eigenvalue weighted by molar-refractivity contribution is 5.87. The lowest BCUT2D eigenvalue weighted by molar-refractivity contribution is -0.223. The number of hydrogen-bond donors (Lipinski definition) is 1. The largest absolute Gasteiger partial charge is 0.462 e. The Morgan fingerprint density at radius 1 is 1.15 bits per heavy atom. The van der Waals surface area contributed by atoms with Crippen LogP contribution in [0.4, 0.5) is 8.78 Å². The van der Waals surface area contributed by atoms with Gasteiger partial charge in [0.1, 0.15) is 5.75 Å². The van der Waals surface area contributed by atoms with Crippen molar-refractivity contribution in [2.24, 2.45) is 17.8 Å². The van der Waals surface area contributed by atoms with Crippen LogP contribution in [-0.2, 0) is 16.0 Å². The van der Waals surface area contributed by atoms with Gasteiger partial charge in [-0.15, -0.1) is 0 Å². The number of rotatable bonds is 14. The summed E-state index contributed by atoms with van der Waals surface area (Å²) in [5, 5.41) is 9.59. The molecule has 1 atom stereocenters. The maximum Gasteiger partial charge on any atom is 0.400 e. The number of aliphatic hydroxyl groups is 1. The van der Waals surface area contributed by atoms with Gasteiger partial charge < -0.3 is 14.6 Å². The average molecular weight is 467 g/mol. The number of halogens is 2. The molecule has 0 radical (unpaired) electrons. The lowest BCUT2D eigenvalue weighted by Crippen LogP contribution is -2.37. The summed E-state index contributed by atoms with van der Waals surface area (Å²) in [6.45, 7) is 7.56. The van der Waals surface area contributed by atoms with Crippen molar-refractivity contribution in [3.63, 3.8) is 0 Å². The average Bonchev–Trinajstić information content (AvgIpc) is 2.82. The summed E-state index contributed by atoms with van der Waals surface area (Å²) >= 11 is 0. The van der Waals surface area contributed by atoms with Crippen molar-refractivity contribution in [3.8, 4) is 5.75 Å². The van der Waals surface area contributed by atoms with E-state index in [2.05, 4.69) is 13.5 Å². The van der Waals surface area contributed by atoms with Crippen LogP contribution in [0.25, 0.3) is 0 Å². The van der Waals surface area contributed by atoms with Crippen molar-refractivity contribution in [3.05, 3.63) is 42.0 Å². The van der Waals surface area contributed by atoms with Crippen molar-refractivity contribution in [2.45, 2.75) is 84.2 Å². The number of carbonyl (C=O) groups is 1. The monoisotopic (exact) mass is 466 g/mol. The van der Waals surface area contributed by atoms with Crippen LogP contribution in [0.5, 0.6) is 5.75 Å². The van der Waals surface area contributed by atoms with Crippen molar-refractivity contribution in [1.82, 2.24) is 0 Å². The zero-order valence-electron chi connectivity index (χ0n) is 20.2. The van der Waals surface area contributed by atoms with E-state index in [-0.39, 0.29) is 24.9 Å². The maximum atomic E-state index is 14.8. The van der Waals surface area contributed by atoms with Crippen LogP contribution in [-0.4, -0.2) is 30.4 Å². The fourth-order valence-electron chi connectivity index (χ4n) is 4.35. The van der Waals surface area contributed by atoms with E-state index in [1.165, 1.54) is 19.3 Å². The normalized spacial score (nSPS) is 19.7. The summed E-state index contributed by atoms with van der Waals surface area (Å²) in [4.78, 5) is 11.7. The Morgan fingerprint density at radius 2 is 1.82 bits per heavy atom. The van der Waals surface area contributed by atoms with Crippen LogP contribution in [0, 0.1) is 17.8 Å². The van der Waals surface area contributed by atoms with Gasteiger partial charge in [0, 0.05) is 18.1 Å². The topological polar surface area (TPSA) is 55.8 Å². The second kappa shape index (κ2) is 13.7. The van der Waals surface area contributed by atoms with Crippen molar-refractivity contribution < 1.29 is 28.2 Å². The van der Waals surface area contributed by atoms with E-state index in [0.29, 0.717) is 37.2 Å². The van der Waals surface area contributed by atoms with Gasteiger partial charge in [0.25, 0.3) is 0 Å². The Balaban J connectivity index is 1.82. The van der Waals surface area contributed by atoms with Gasteiger partial charge in [0.2, 0.25) is 0 Å². The SMILES string of the molecule is C=C(CC)C(=O)OCC(CO)Cc1ccc(OC(F)(F)C2CCC(CCCCC)CC2)cc1. The van der Waals surface area contributed by atoms with E-state index < -0.39 is 18.0 Å². The summed E-state index contributed by atoms with van der Waals surface area (Å²) in [6.07, 6.45) is 5.24. The van der Waals surface area contributed by atoms with Gasteiger partial charge >= 0.3 is 12.1 Å². The molecule has 1 aromatic rings. The van der Waals surface area contributed by atoms with Crippen LogP contribution in [0.15, 0.2) is 36.4 Å². The summed E-state index contributed by atoms with van der Waals surface area (Å²) in [5.74, 6) is -0.774. The molecule has 0 aromatic heterocycles. The second-order valence-corrected chi connectivity index (χ2v) is 9.33. The standard InChI is InChI=1S/C27H40F2O4/c1-4-6-7-8-21-9-13-24(14-10-21)27(28,29)33-25-15-11-22(12-16-25)17-23(18-30)19-32-26(31)20(3)5-2/h11-12,15-16,21,23-24,30H,3-10,13-14,17-19H2,1-2H3. The molecule has 33 heavy (non-hydrogen) atoms. The van der Waals surface area contributed by atoms with Crippen LogP contribution < -0.4 is 4.74 Å². The van der Waals surface area contributed by atoms with Gasteiger partial charge in [0.15, 0.2) is 0 Å². The first-order valence-corrected chi connectivity index (χ1v) is 12.4. The molecular formula is C27H40F2O4. The molecule has 1 aromatic carbocycles. The molecule has 0 spiro atoms. The quantitative estimate of drug-likeness (QED) is 0.188. The lowest BCUT2D eigenvalue weighted by Gasteiger charge is -2.33. The molecular weight excluding hydrogens is 426 g/mol. The highest BCUT2D eigenvalue weighted by Gasteiger charge is 2.43. The zero-order chi connectivity index (χ0) is 24.3. The van der Waals surface area contributed by atoms with Gasteiger partial charge in [-0.05, 0) is 62.1 Å². The Hall–Kier alpha value is -1.95. The number of benzene rings is 1. The zero-order valence-corrected chi connectivity index (χ0v) is 20.2. The van der Waals surface area contributed by atoms with Gasteiger partial charge in [-0.25, -0.2) is 4.79 Å². The fraction of sp³-hybridized carbons (Fsp3) is 0.667. The number of alkyl halides is 2. The predicted molar refractivity (Wildman–Crippen MR) is 126 cm³/mol. The van der Waals surface area contributed by atoms with Crippen LogP contribution in [0.1, 0.15) is 77.2 Å². The van der Waals surface area contributed by atoms with Gasteiger partial charge in [-0.2, -0.15) is 8.78 Å². The van der Waals surface area contributed by atoms with Gasteiger partial charge in [0.05, 0.1) is 12.5 Å². The third-order valence-electron chi connectivity index (χ3n) is 6.66. The summed E-state index contributed by atoms with van der Waals surface area (Å²) in [7, 11) is 0. The smallest absolute Gasteiger partial charge is 0.400 e. The Bertz CT molecular complexity index is 724. The Labute approximate surface area is 197 Å². The lowest BCUT2D eigenvalue weighted by atomic mass is 9.79. The Kier molecular flexibility index (Phi) is 11.3. The third-order valence-corrected chi connectivity index (χ3v) is 6.66. The van der Waals surface area contributed by atoms with Crippen LogP contribution >= 0.6 is 0 Å². The molecule has 6 heteroatoms. The fourth-order valence-corrected chi connectivity index (χ4v) is 4.35. The van der Waals surface area contributed by atoms with E-state index >= 15 is 0 Å². The molecule has 2 rings (SSSR count). The molecule has 1 aliphatic carbocycles. The number of esters is 1. The Morgan fingerprint density at radius 3 is 2.39 bits per heavy atom. The van der Waals surface area contributed by atoms with Gasteiger partial charge in [-0.1, -0.05) is 58.2 Å². The summed E-state index contributed by atoms with van der Waals surface area (Å²) in [5.41, 5.74) is 1.24. The molecule has 0 heterocycles. The minimum Gasteiger partial charge on any atom is -0.462 e. The van der Waals surface area contributed by atoms with Crippen molar-refractivity contribution >= 4 is 5.97 Å². The molecule has 1 unspecified atom stereocenters. The minimum atomic E-state index is -3.18. The van der Waals surface area contributed by atoms with Crippen LogP contribution in [0.2, 0.25) is 0 Å². The summed E-state index contributed by atoms with van der Waals surface area (Å²) < 4.78 is 39.8. The minimum absolute atomic E-state index is 0.0752. The van der Waals surface area contributed by atoms with Gasteiger partial charge in [-0.3, -0.25) is 0 Å². The molecule has 0 aliphatic heterocycles. The van der Waals surface area contributed by atoms with E-state index in [1.807, 2.05) is 6.92 Å². The summed E-state index contributed by atoms with van der Waals surface area (Å²) in [6, 6.07) is 6.51. The molecule has 1 N–H and O–H groups in total. The molecule has 0 bridgehead atoms. The van der Waals surface area contributed by atoms with Crippen molar-refractivity contribution in [2.75, 3.05) is 13.2 Å². The first-order valence-electron chi connectivity index (χ1n) is 12.4. The third kappa shape index (κ3) is 9.07. The number of aliphatic hydroxyl groups excluding tert-OH is 1. The molecule has 1 aliphatic rings. The van der Waals surface area contributed by atoms with E-state index in [1.54, 1.807) is 24.3 Å². The molecule has 1 fully saturated rings. The first kappa shape index (κ1) is 27.3. The number of carbonyl (C=O) groups excluding carboxylic acids is 1. The van der Waals surface area contributed by atoms with Crippen LogP contribution in [0.3, 0.4) is 0 Å². The number of unbranched alkanes of at least 4 members (excludes halogenated alkanes) is 2. The number of ether oxygens (including phenoxy) is 2. The van der Waals surface area contributed by atoms with E-state index in [4.69, 9.17) is 9.47 Å². The predicted octanol–water partition coefficient (Wildman–Crippen LogP) is 6.71. The second-order valence-electron chi connectivity index (χ2n) is 9.33.